The maximum Gasteiger partial charge on any atom is 0.263 e. The lowest BCUT2D eigenvalue weighted by atomic mass is 10.0. The second-order valence-electron chi connectivity index (χ2n) is 8.75. The Hall–Kier alpha value is -4.42. The van der Waals surface area contributed by atoms with Crippen LogP contribution in [-0.2, 0) is 10.0 Å². The summed E-state index contributed by atoms with van der Waals surface area (Å²) in [6.07, 6.45) is 0. The average Bonchev–Trinajstić information content (AvgIpc) is 3.28. The van der Waals surface area contributed by atoms with E-state index in [1.807, 2.05) is 90.3 Å². The molecule has 0 aliphatic rings. The number of aromatic nitrogens is 2. The van der Waals surface area contributed by atoms with E-state index < -0.39 is 10.0 Å². The largest absolute Gasteiger partial charge is 0.263 e. The van der Waals surface area contributed by atoms with Crippen molar-refractivity contribution < 1.29 is 8.42 Å². The normalized spacial score (nSPS) is 11.7. The molecule has 0 spiro atoms. The molecular formula is C30H23N3O2S. The second kappa shape index (κ2) is 8.66. The van der Waals surface area contributed by atoms with Crippen LogP contribution in [0.5, 0.6) is 0 Å². The number of hydrogen-bond donors (Lipinski definition) is 1. The van der Waals surface area contributed by atoms with Crippen LogP contribution in [0.3, 0.4) is 0 Å². The molecule has 1 N–H and O–H groups in total. The highest BCUT2D eigenvalue weighted by molar-refractivity contribution is 7.92. The highest BCUT2D eigenvalue weighted by Crippen LogP contribution is 2.39. The van der Waals surface area contributed by atoms with Gasteiger partial charge in [-0.25, -0.2) is 12.9 Å². The fourth-order valence-electron chi connectivity index (χ4n) is 4.56. The number of fused-ring (bicyclic) bond motifs is 3. The molecule has 6 heteroatoms. The Bertz CT molecular complexity index is 1810. The second-order valence-corrected chi connectivity index (χ2v) is 10.4. The van der Waals surface area contributed by atoms with Gasteiger partial charge in [-0.2, -0.15) is 0 Å². The molecule has 36 heavy (non-hydrogen) atoms. The van der Waals surface area contributed by atoms with Crippen LogP contribution in [0.2, 0.25) is 0 Å². The minimum Gasteiger partial charge on any atom is -0.261 e. The van der Waals surface area contributed by atoms with E-state index in [1.54, 1.807) is 24.3 Å². The van der Waals surface area contributed by atoms with Gasteiger partial charge in [0.05, 0.1) is 21.7 Å². The summed E-state index contributed by atoms with van der Waals surface area (Å²) in [5.41, 5.74) is 5.32. The Morgan fingerprint density at radius 1 is 0.722 bits per heavy atom. The zero-order valence-electron chi connectivity index (χ0n) is 19.6. The Morgan fingerprint density at radius 2 is 1.33 bits per heavy atom. The Morgan fingerprint density at radius 3 is 2.03 bits per heavy atom. The standard InChI is InChI=1S/C30H23N3O2S/c1-21-16-18-25(19-17-21)36(34,35)32-30-28(23-12-6-3-7-13-23)29-26-15-9-8-14-24(26)20-27(33(29)31-30)22-10-4-2-5-11-22/h2-20H,1H3,(H,31,32). The first-order valence-corrected chi connectivity index (χ1v) is 13.1. The van der Waals surface area contributed by atoms with Gasteiger partial charge in [0.15, 0.2) is 5.82 Å². The number of nitrogens with one attached hydrogen (secondary N) is 1. The summed E-state index contributed by atoms with van der Waals surface area (Å²) >= 11 is 0. The van der Waals surface area contributed by atoms with E-state index in [-0.39, 0.29) is 10.7 Å². The van der Waals surface area contributed by atoms with Crippen LogP contribution < -0.4 is 4.72 Å². The highest BCUT2D eigenvalue weighted by atomic mass is 32.2. The molecule has 0 saturated heterocycles. The quantitative estimate of drug-likeness (QED) is 0.286. The Balaban J connectivity index is 1.68. The lowest BCUT2D eigenvalue weighted by Gasteiger charge is -2.10. The molecule has 0 bridgehead atoms. The van der Waals surface area contributed by atoms with Gasteiger partial charge in [-0.05, 0) is 36.1 Å². The zero-order chi connectivity index (χ0) is 24.7. The summed E-state index contributed by atoms with van der Waals surface area (Å²) < 4.78 is 31.5. The van der Waals surface area contributed by atoms with Crippen LogP contribution in [0.25, 0.3) is 38.7 Å². The summed E-state index contributed by atoms with van der Waals surface area (Å²) in [7, 11) is -3.86. The lowest BCUT2D eigenvalue weighted by Crippen LogP contribution is -2.14. The predicted octanol–water partition coefficient (Wildman–Crippen LogP) is 6.93. The lowest BCUT2D eigenvalue weighted by molar-refractivity contribution is 0.601. The first-order chi connectivity index (χ1) is 17.5. The fraction of sp³-hybridized carbons (Fsp3) is 0.0333. The van der Waals surface area contributed by atoms with Gasteiger partial charge in [0, 0.05) is 10.9 Å². The van der Waals surface area contributed by atoms with E-state index >= 15 is 0 Å². The monoisotopic (exact) mass is 489 g/mol. The number of anilines is 1. The van der Waals surface area contributed by atoms with E-state index in [1.165, 1.54) is 0 Å². The number of rotatable bonds is 5. The van der Waals surface area contributed by atoms with E-state index in [0.29, 0.717) is 0 Å². The van der Waals surface area contributed by atoms with Gasteiger partial charge in [-0.1, -0.05) is 103 Å². The molecule has 0 fully saturated rings. The van der Waals surface area contributed by atoms with Crippen molar-refractivity contribution in [3.05, 3.63) is 121 Å². The van der Waals surface area contributed by atoms with Crippen LogP contribution in [0.1, 0.15) is 5.56 Å². The summed E-state index contributed by atoms with van der Waals surface area (Å²) in [6.45, 7) is 1.93. The molecule has 0 aliphatic carbocycles. The Labute approximate surface area is 209 Å². The molecule has 0 atom stereocenters. The summed E-state index contributed by atoms with van der Waals surface area (Å²) in [5.74, 6) is 0.287. The van der Waals surface area contributed by atoms with Crippen molar-refractivity contribution in [2.24, 2.45) is 0 Å². The number of pyridine rings is 1. The molecule has 2 aromatic heterocycles. The number of nitrogens with zero attached hydrogens (tertiary/aromatic N) is 2. The minimum atomic E-state index is -3.86. The summed E-state index contributed by atoms with van der Waals surface area (Å²) in [5, 5.41) is 6.91. The molecule has 0 aliphatic heterocycles. The van der Waals surface area contributed by atoms with Gasteiger partial charge in [0.2, 0.25) is 0 Å². The van der Waals surface area contributed by atoms with Crippen LogP contribution >= 0.6 is 0 Å². The van der Waals surface area contributed by atoms with E-state index in [2.05, 4.69) is 16.9 Å². The zero-order valence-corrected chi connectivity index (χ0v) is 20.4. The van der Waals surface area contributed by atoms with Crippen LogP contribution in [0, 0.1) is 6.92 Å². The first-order valence-electron chi connectivity index (χ1n) is 11.7. The van der Waals surface area contributed by atoms with Gasteiger partial charge in [-0.15, -0.1) is 5.10 Å². The number of hydrogen-bond acceptors (Lipinski definition) is 3. The van der Waals surface area contributed by atoms with Crippen LogP contribution in [0.15, 0.2) is 120 Å². The summed E-state index contributed by atoms with van der Waals surface area (Å²) in [4.78, 5) is 0.192. The molecule has 0 amide bonds. The van der Waals surface area contributed by atoms with Crippen molar-refractivity contribution in [3.8, 4) is 22.4 Å². The van der Waals surface area contributed by atoms with Crippen LogP contribution in [0.4, 0.5) is 5.82 Å². The van der Waals surface area contributed by atoms with E-state index in [0.717, 1.165) is 44.2 Å². The van der Waals surface area contributed by atoms with Crippen molar-refractivity contribution >= 4 is 32.1 Å². The van der Waals surface area contributed by atoms with E-state index in [4.69, 9.17) is 5.10 Å². The Kier molecular flexibility index (Phi) is 5.31. The first kappa shape index (κ1) is 22.1. The van der Waals surface area contributed by atoms with Crippen molar-refractivity contribution in [1.82, 2.24) is 9.61 Å². The topological polar surface area (TPSA) is 63.5 Å². The molecule has 5 nitrogen and oxygen atoms in total. The molecular weight excluding hydrogens is 466 g/mol. The molecule has 0 radical (unpaired) electrons. The summed E-state index contributed by atoms with van der Waals surface area (Å²) in [6, 6.07) is 36.8. The SMILES string of the molecule is Cc1ccc(S(=O)(=O)Nc2nn3c(-c4ccccc4)cc4ccccc4c3c2-c2ccccc2)cc1. The van der Waals surface area contributed by atoms with Gasteiger partial charge in [-0.3, -0.25) is 4.72 Å². The minimum absolute atomic E-state index is 0.192. The van der Waals surface area contributed by atoms with Gasteiger partial charge in [0.25, 0.3) is 10.0 Å². The maximum atomic E-state index is 13.4. The highest BCUT2D eigenvalue weighted by Gasteiger charge is 2.24. The maximum absolute atomic E-state index is 13.4. The van der Waals surface area contributed by atoms with Crippen molar-refractivity contribution in [3.63, 3.8) is 0 Å². The third-order valence-electron chi connectivity index (χ3n) is 6.32. The average molecular weight is 490 g/mol. The number of aryl methyl sites for hydroxylation is 1. The van der Waals surface area contributed by atoms with Crippen molar-refractivity contribution in [2.45, 2.75) is 11.8 Å². The van der Waals surface area contributed by atoms with Crippen molar-refractivity contribution in [2.75, 3.05) is 4.72 Å². The smallest absolute Gasteiger partial charge is 0.261 e. The van der Waals surface area contributed by atoms with Crippen molar-refractivity contribution in [1.29, 1.82) is 0 Å². The number of benzene rings is 4. The molecule has 0 unspecified atom stereocenters. The predicted molar refractivity (Wildman–Crippen MR) is 146 cm³/mol. The molecule has 4 aromatic carbocycles. The van der Waals surface area contributed by atoms with Gasteiger partial charge in [0.1, 0.15) is 0 Å². The molecule has 0 saturated carbocycles. The third kappa shape index (κ3) is 3.82. The number of sulfonamides is 1. The fourth-order valence-corrected chi connectivity index (χ4v) is 5.57. The van der Waals surface area contributed by atoms with Gasteiger partial charge < -0.3 is 0 Å². The third-order valence-corrected chi connectivity index (χ3v) is 7.67. The van der Waals surface area contributed by atoms with Gasteiger partial charge >= 0.3 is 0 Å². The molecule has 176 valence electrons. The molecule has 2 heterocycles. The van der Waals surface area contributed by atoms with Crippen LogP contribution in [-0.4, -0.2) is 18.0 Å². The molecule has 6 aromatic rings. The van der Waals surface area contributed by atoms with E-state index in [9.17, 15) is 8.42 Å². The molecule has 6 rings (SSSR count).